The van der Waals surface area contributed by atoms with Crippen LogP contribution in [0.3, 0.4) is 0 Å². The minimum absolute atomic E-state index is 0.181. The van der Waals surface area contributed by atoms with Gasteiger partial charge in [-0.1, -0.05) is 0 Å². The molecule has 7 nitrogen and oxygen atoms in total. The summed E-state index contributed by atoms with van der Waals surface area (Å²) in [5.74, 6) is 1.68. The largest absolute Gasteiger partial charge is 0.493 e. The van der Waals surface area contributed by atoms with Gasteiger partial charge in [-0.25, -0.2) is 0 Å². The second-order valence-corrected chi connectivity index (χ2v) is 6.88. The molecule has 0 saturated carbocycles. The number of carbonyl (C=O) groups excluding carboxylic acids is 1. The SMILES string of the molecule is COc1cc2c(cc1OC)CN(CC(=O)N1CCc3[nH]ncc3C1)CC2. The number of amides is 1. The lowest BCUT2D eigenvalue weighted by atomic mass is 9.98. The summed E-state index contributed by atoms with van der Waals surface area (Å²) in [7, 11) is 3.30. The maximum Gasteiger partial charge on any atom is 0.237 e. The molecule has 0 spiro atoms. The van der Waals surface area contributed by atoms with E-state index in [2.05, 4.69) is 21.2 Å². The summed E-state index contributed by atoms with van der Waals surface area (Å²) in [6.45, 7) is 3.48. The lowest BCUT2D eigenvalue weighted by Crippen LogP contribution is -2.44. The third-order valence-corrected chi connectivity index (χ3v) is 5.31. The highest BCUT2D eigenvalue weighted by atomic mass is 16.5. The van der Waals surface area contributed by atoms with Crippen molar-refractivity contribution in [3.05, 3.63) is 40.7 Å². The molecule has 0 atom stereocenters. The number of methoxy groups -OCH3 is 2. The Labute approximate surface area is 152 Å². The Hall–Kier alpha value is -2.54. The Morgan fingerprint density at radius 1 is 1.08 bits per heavy atom. The summed E-state index contributed by atoms with van der Waals surface area (Å²) in [4.78, 5) is 16.9. The van der Waals surface area contributed by atoms with Crippen LogP contribution in [-0.4, -0.2) is 59.8 Å². The van der Waals surface area contributed by atoms with Gasteiger partial charge in [0.15, 0.2) is 11.5 Å². The fourth-order valence-corrected chi connectivity index (χ4v) is 3.80. The summed E-state index contributed by atoms with van der Waals surface area (Å²) >= 11 is 0. The normalized spacial score (nSPS) is 16.8. The van der Waals surface area contributed by atoms with Crippen LogP contribution in [0, 0.1) is 0 Å². The standard InChI is InChI=1S/C19H24N4O3/c1-25-17-7-13-3-5-22(10-14(13)8-18(17)26-2)12-19(24)23-6-4-16-15(11-23)9-20-21-16/h7-9H,3-6,10-12H2,1-2H3,(H,20,21). The number of nitrogens with one attached hydrogen (secondary N) is 1. The van der Waals surface area contributed by atoms with Crippen LogP contribution in [0.1, 0.15) is 22.4 Å². The maximum absolute atomic E-state index is 12.7. The number of aromatic nitrogens is 2. The van der Waals surface area contributed by atoms with Gasteiger partial charge in [0, 0.05) is 43.9 Å². The van der Waals surface area contributed by atoms with E-state index in [1.165, 1.54) is 11.1 Å². The number of H-pyrrole nitrogens is 1. The Kier molecular flexibility index (Phi) is 4.55. The zero-order valence-corrected chi connectivity index (χ0v) is 15.2. The van der Waals surface area contributed by atoms with Crippen molar-refractivity contribution in [2.75, 3.05) is 33.9 Å². The van der Waals surface area contributed by atoms with Crippen molar-refractivity contribution in [1.29, 1.82) is 0 Å². The van der Waals surface area contributed by atoms with Gasteiger partial charge in [0.05, 0.1) is 27.0 Å². The van der Waals surface area contributed by atoms with Gasteiger partial charge in [-0.3, -0.25) is 14.8 Å². The Balaban J connectivity index is 1.42. The highest BCUT2D eigenvalue weighted by Gasteiger charge is 2.26. The quantitative estimate of drug-likeness (QED) is 0.896. The average molecular weight is 356 g/mol. The minimum atomic E-state index is 0.181. The van der Waals surface area contributed by atoms with Crippen molar-refractivity contribution in [3.63, 3.8) is 0 Å². The van der Waals surface area contributed by atoms with Crippen LogP contribution in [0.25, 0.3) is 0 Å². The van der Waals surface area contributed by atoms with Gasteiger partial charge in [-0.05, 0) is 29.7 Å². The van der Waals surface area contributed by atoms with Crippen molar-refractivity contribution in [1.82, 2.24) is 20.0 Å². The molecule has 26 heavy (non-hydrogen) atoms. The molecule has 3 heterocycles. The number of hydrogen-bond donors (Lipinski definition) is 1. The second-order valence-electron chi connectivity index (χ2n) is 6.88. The highest BCUT2D eigenvalue weighted by molar-refractivity contribution is 5.78. The van der Waals surface area contributed by atoms with Crippen LogP contribution in [0.2, 0.25) is 0 Å². The van der Waals surface area contributed by atoms with E-state index in [9.17, 15) is 4.79 Å². The van der Waals surface area contributed by atoms with Gasteiger partial charge in [0.25, 0.3) is 0 Å². The number of ether oxygens (including phenoxy) is 2. The van der Waals surface area contributed by atoms with Crippen molar-refractivity contribution < 1.29 is 14.3 Å². The molecule has 0 fully saturated rings. The van der Waals surface area contributed by atoms with E-state index in [1.807, 2.05) is 17.2 Å². The molecule has 0 bridgehead atoms. The van der Waals surface area contributed by atoms with Gasteiger partial charge in [0.2, 0.25) is 5.91 Å². The van der Waals surface area contributed by atoms with Gasteiger partial charge < -0.3 is 14.4 Å². The van der Waals surface area contributed by atoms with E-state index < -0.39 is 0 Å². The summed E-state index contributed by atoms with van der Waals surface area (Å²) < 4.78 is 10.8. The smallest absolute Gasteiger partial charge is 0.237 e. The first-order valence-corrected chi connectivity index (χ1v) is 8.93. The third-order valence-electron chi connectivity index (χ3n) is 5.31. The number of benzene rings is 1. The number of hydrogen-bond acceptors (Lipinski definition) is 5. The number of rotatable bonds is 4. The predicted molar refractivity (Wildman–Crippen MR) is 96.2 cm³/mol. The van der Waals surface area contributed by atoms with E-state index in [0.717, 1.165) is 55.2 Å². The molecule has 1 N–H and O–H groups in total. The average Bonchev–Trinajstić information content (AvgIpc) is 3.14. The van der Waals surface area contributed by atoms with E-state index in [4.69, 9.17) is 9.47 Å². The molecule has 4 rings (SSSR count). The monoisotopic (exact) mass is 356 g/mol. The molecule has 138 valence electrons. The van der Waals surface area contributed by atoms with Gasteiger partial charge in [-0.2, -0.15) is 5.10 Å². The third kappa shape index (κ3) is 3.14. The molecule has 0 aliphatic carbocycles. The van der Waals surface area contributed by atoms with Crippen molar-refractivity contribution >= 4 is 5.91 Å². The summed E-state index contributed by atoms with van der Waals surface area (Å²) in [6, 6.07) is 4.09. The van der Waals surface area contributed by atoms with Crippen molar-refractivity contribution in [2.24, 2.45) is 0 Å². The zero-order chi connectivity index (χ0) is 18.1. The first kappa shape index (κ1) is 16.9. The molecule has 7 heteroatoms. The highest BCUT2D eigenvalue weighted by Crippen LogP contribution is 2.33. The summed E-state index contributed by atoms with van der Waals surface area (Å²) in [6.07, 6.45) is 3.58. The van der Waals surface area contributed by atoms with E-state index >= 15 is 0 Å². The number of fused-ring (bicyclic) bond motifs is 2. The molecule has 2 aliphatic heterocycles. The molecule has 0 unspecified atom stereocenters. The molecule has 1 amide bonds. The van der Waals surface area contributed by atoms with Gasteiger partial charge >= 0.3 is 0 Å². The molecule has 0 radical (unpaired) electrons. The molecule has 0 saturated heterocycles. The molecular formula is C19H24N4O3. The molecular weight excluding hydrogens is 332 g/mol. The second kappa shape index (κ2) is 6.99. The molecule has 1 aromatic carbocycles. The zero-order valence-electron chi connectivity index (χ0n) is 15.2. The van der Waals surface area contributed by atoms with Crippen molar-refractivity contribution in [2.45, 2.75) is 25.9 Å². The first-order valence-electron chi connectivity index (χ1n) is 8.93. The Morgan fingerprint density at radius 2 is 1.85 bits per heavy atom. The van der Waals surface area contributed by atoms with E-state index in [-0.39, 0.29) is 5.91 Å². The van der Waals surface area contributed by atoms with Crippen LogP contribution in [0.4, 0.5) is 0 Å². The lowest BCUT2D eigenvalue weighted by Gasteiger charge is -2.32. The van der Waals surface area contributed by atoms with Crippen LogP contribution < -0.4 is 9.47 Å². The molecule has 1 aromatic heterocycles. The number of nitrogens with zero attached hydrogens (tertiary/aromatic N) is 3. The van der Waals surface area contributed by atoms with Crippen molar-refractivity contribution in [3.8, 4) is 11.5 Å². The van der Waals surface area contributed by atoms with Crippen LogP contribution in [-0.2, 0) is 30.7 Å². The molecule has 2 aromatic rings. The number of aromatic amines is 1. The Bertz CT molecular complexity index is 817. The summed E-state index contributed by atoms with van der Waals surface area (Å²) in [5.41, 5.74) is 4.76. The van der Waals surface area contributed by atoms with E-state index in [0.29, 0.717) is 13.1 Å². The van der Waals surface area contributed by atoms with Crippen LogP contribution >= 0.6 is 0 Å². The maximum atomic E-state index is 12.7. The predicted octanol–water partition coefficient (Wildman–Crippen LogP) is 1.37. The van der Waals surface area contributed by atoms with E-state index in [1.54, 1.807) is 14.2 Å². The fraction of sp³-hybridized carbons (Fsp3) is 0.474. The van der Waals surface area contributed by atoms with Crippen LogP contribution in [0.5, 0.6) is 11.5 Å². The first-order chi connectivity index (χ1) is 12.7. The Morgan fingerprint density at radius 3 is 2.62 bits per heavy atom. The molecule has 2 aliphatic rings. The van der Waals surface area contributed by atoms with Gasteiger partial charge in [0.1, 0.15) is 0 Å². The summed E-state index contributed by atoms with van der Waals surface area (Å²) in [5, 5.41) is 7.08. The van der Waals surface area contributed by atoms with Crippen LogP contribution in [0.15, 0.2) is 18.3 Å². The fourth-order valence-electron chi connectivity index (χ4n) is 3.80. The topological polar surface area (TPSA) is 70.7 Å². The lowest BCUT2D eigenvalue weighted by molar-refractivity contribution is -0.133. The number of carbonyl (C=O) groups is 1. The minimum Gasteiger partial charge on any atom is -0.493 e. The van der Waals surface area contributed by atoms with Gasteiger partial charge in [-0.15, -0.1) is 0 Å².